The first-order valence-electron chi connectivity index (χ1n) is 13.5. The molecule has 0 saturated heterocycles. The van der Waals surface area contributed by atoms with E-state index in [1.54, 1.807) is 0 Å². The lowest BCUT2D eigenvalue weighted by atomic mass is 9.86. The summed E-state index contributed by atoms with van der Waals surface area (Å²) in [5.41, 5.74) is 5.70. The van der Waals surface area contributed by atoms with Gasteiger partial charge in [0.25, 0.3) is 0 Å². The van der Waals surface area contributed by atoms with Crippen LogP contribution in [0.1, 0.15) is 0 Å². The fraction of sp³-hybridized carbons (Fsp3) is 0.111. The smallest absolute Gasteiger partial charge is 0.135 e. The monoisotopic (exact) mass is 526 g/mol. The van der Waals surface area contributed by atoms with E-state index in [1.807, 2.05) is 60.7 Å². The second-order valence-corrected chi connectivity index (χ2v) is 9.57. The molecule has 4 nitrogen and oxygen atoms in total. The largest absolute Gasteiger partial charge is 0.490 e. The second-order valence-electron chi connectivity index (χ2n) is 9.57. The molecule has 0 bridgehead atoms. The number of hydrogen-bond acceptors (Lipinski definition) is 4. The van der Waals surface area contributed by atoms with Crippen molar-refractivity contribution in [2.75, 3.05) is 26.4 Å². The van der Waals surface area contributed by atoms with Crippen molar-refractivity contribution >= 4 is 21.5 Å². The molecule has 4 heteroatoms. The molecule has 0 aliphatic rings. The van der Waals surface area contributed by atoms with Crippen LogP contribution in [0.3, 0.4) is 0 Å². The third kappa shape index (κ3) is 4.79. The molecule has 198 valence electrons. The molecule has 0 aliphatic heterocycles. The van der Waals surface area contributed by atoms with Crippen molar-refractivity contribution in [2.24, 2.45) is 0 Å². The number of ether oxygens (including phenoxy) is 2. The molecule has 0 spiro atoms. The van der Waals surface area contributed by atoms with E-state index in [0.29, 0.717) is 11.5 Å². The normalized spacial score (nSPS) is 11.2. The van der Waals surface area contributed by atoms with Gasteiger partial charge in [0, 0.05) is 22.3 Å². The second kappa shape index (κ2) is 11.6. The molecule has 6 rings (SSSR count). The van der Waals surface area contributed by atoms with Gasteiger partial charge in [-0.25, -0.2) is 0 Å². The Balaban J connectivity index is 1.81. The average Bonchev–Trinajstić information content (AvgIpc) is 3.02. The number of aliphatic hydroxyl groups excluding tert-OH is 2. The Bertz CT molecular complexity index is 1630. The molecule has 0 unspecified atom stereocenters. The maximum absolute atomic E-state index is 9.82. The highest BCUT2D eigenvalue weighted by Crippen LogP contribution is 2.52. The summed E-state index contributed by atoms with van der Waals surface area (Å²) in [5.74, 6) is 1.37. The highest BCUT2D eigenvalue weighted by atomic mass is 16.5. The van der Waals surface area contributed by atoms with Gasteiger partial charge in [-0.3, -0.25) is 0 Å². The van der Waals surface area contributed by atoms with Crippen LogP contribution in [0.4, 0.5) is 0 Å². The molecule has 6 aromatic rings. The third-order valence-corrected chi connectivity index (χ3v) is 7.10. The SMILES string of the molecule is OCCOc1c(-c2ccccc2)cc2ccccc2c1-c1c(OCCO)c(-c2ccccc2)cc2ccccc12. The van der Waals surface area contributed by atoms with Gasteiger partial charge in [0.15, 0.2) is 0 Å². The van der Waals surface area contributed by atoms with Crippen molar-refractivity contribution in [3.05, 3.63) is 121 Å². The topological polar surface area (TPSA) is 58.9 Å². The van der Waals surface area contributed by atoms with E-state index in [2.05, 4.69) is 60.7 Å². The van der Waals surface area contributed by atoms with E-state index in [0.717, 1.165) is 54.9 Å². The molecule has 0 heterocycles. The molecular formula is C36H30O4. The zero-order chi connectivity index (χ0) is 27.3. The van der Waals surface area contributed by atoms with Gasteiger partial charge in [0.05, 0.1) is 13.2 Å². The Morgan fingerprint density at radius 3 is 1.23 bits per heavy atom. The van der Waals surface area contributed by atoms with E-state index >= 15 is 0 Å². The van der Waals surface area contributed by atoms with E-state index in [1.165, 1.54) is 0 Å². The zero-order valence-electron chi connectivity index (χ0n) is 22.1. The molecule has 2 N–H and O–H groups in total. The molecule has 0 atom stereocenters. The highest BCUT2D eigenvalue weighted by molar-refractivity contribution is 6.14. The summed E-state index contributed by atoms with van der Waals surface area (Å²) in [5, 5.41) is 23.8. The standard InChI is InChI=1S/C36H30O4/c37-19-21-39-35-31(25-11-3-1-4-12-25)23-27-15-7-9-17-29(27)33(35)34-30-18-10-8-16-28(30)24-32(36(34)40-22-20-38)26-13-5-2-6-14-26/h1-18,23-24,37-38H,19-22H2. The molecule has 0 fully saturated rings. The van der Waals surface area contributed by atoms with Crippen molar-refractivity contribution in [1.29, 1.82) is 0 Å². The molecule has 0 saturated carbocycles. The van der Waals surface area contributed by atoms with Crippen LogP contribution in [0.15, 0.2) is 121 Å². The Labute approximate surface area is 233 Å². The molecule has 0 aliphatic carbocycles. The van der Waals surface area contributed by atoms with Gasteiger partial charge < -0.3 is 19.7 Å². The van der Waals surface area contributed by atoms with Gasteiger partial charge >= 0.3 is 0 Å². The summed E-state index contributed by atoms with van der Waals surface area (Å²) in [6, 6.07) is 41.2. The first-order chi connectivity index (χ1) is 19.8. The number of rotatable bonds is 9. The minimum Gasteiger partial charge on any atom is -0.490 e. The van der Waals surface area contributed by atoms with E-state index in [4.69, 9.17) is 9.47 Å². The van der Waals surface area contributed by atoms with E-state index < -0.39 is 0 Å². The predicted octanol–water partition coefficient (Wildman–Crippen LogP) is 7.74. The summed E-state index contributed by atoms with van der Waals surface area (Å²) < 4.78 is 12.9. The summed E-state index contributed by atoms with van der Waals surface area (Å²) in [7, 11) is 0. The van der Waals surface area contributed by atoms with Gasteiger partial charge in [-0.1, -0.05) is 109 Å². The number of benzene rings is 6. The number of fused-ring (bicyclic) bond motifs is 2. The molecule has 0 amide bonds. The number of hydrogen-bond donors (Lipinski definition) is 2. The Hall–Kier alpha value is -4.64. The molecule has 0 aromatic heterocycles. The molecule has 40 heavy (non-hydrogen) atoms. The molecule has 0 radical (unpaired) electrons. The van der Waals surface area contributed by atoms with Crippen molar-refractivity contribution in [2.45, 2.75) is 0 Å². The van der Waals surface area contributed by atoms with Crippen LogP contribution >= 0.6 is 0 Å². The van der Waals surface area contributed by atoms with Gasteiger partial charge in [0.1, 0.15) is 24.7 Å². The van der Waals surface area contributed by atoms with Crippen LogP contribution in [0.5, 0.6) is 11.5 Å². The molecular weight excluding hydrogens is 496 g/mol. The van der Waals surface area contributed by atoms with Crippen LogP contribution in [0, 0.1) is 0 Å². The minimum atomic E-state index is -0.112. The number of aliphatic hydroxyl groups is 2. The molecule has 6 aromatic carbocycles. The van der Waals surface area contributed by atoms with Crippen molar-refractivity contribution in [1.82, 2.24) is 0 Å². The lowest BCUT2D eigenvalue weighted by Gasteiger charge is -2.24. The fourth-order valence-corrected chi connectivity index (χ4v) is 5.41. The van der Waals surface area contributed by atoms with Gasteiger partial charge in [-0.2, -0.15) is 0 Å². The zero-order valence-corrected chi connectivity index (χ0v) is 22.1. The van der Waals surface area contributed by atoms with Crippen LogP contribution < -0.4 is 9.47 Å². The lowest BCUT2D eigenvalue weighted by molar-refractivity contribution is 0.201. The maximum atomic E-state index is 9.82. The lowest BCUT2D eigenvalue weighted by Crippen LogP contribution is -2.07. The quantitative estimate of drug-likeness (QED) is 0.202. The van der Waals surface area contributed by atoms with Crippen molar-refractivity contribution in [3.63, 3.8) is 0 Å². The predicted molar refractivity (Wildman–Crippen MR) is 163 cm³/mol. The van der Waals surface area contributed by atoms with Crippen LogP contribution in [0.25, 0.3) is 54.9 Å². The summed E-state index contributed by atoms with van der Waals surface area (Å²) in [6.45, 7) is 0.0704. The van der Waals surface area contributed by atoms with Crippen LogP contribution in [-0.4, -0.2) is 36.6 Å². The summed E-state index contributed by atoms with van der Waals surface area (Å²) in [6.07, 6.45) is 0. The first-order valence-corrected chi connectivity index (χ1v) is 13.5. The van der Waals surface area contributed by atoms with Crippen LogP contribution in [-0.2, 0) is 0 Å². The van der Waals surface area contributed by atoms with Gasteiger partial charge in [0.2, 0.25) is 0 Å². The highest BCUT2D eigenvalue weighted by Gasteiger charge is 2.25. The Morgan fingerprint density at radius 2 is 0.825 bits per heavy atom. The summed E-state index contributed by atoms with van der Waals surface area (Å²) >= 11 is 0. The minimum absolute atomic E-state index is 0.112. The van der Waals surface area contributed by atoms with Crippen molar-refractivity contribution < 1.29 is 19.7 Å². The first kappa shape index (κ1) is 25.6. The maximum Gasteiger partial charge on any atom is 0.135 e. The van der Waals surface area contributed by atoms with E-state index in [-0.39, 0.29) is 26.4 Å². The Morgan fingerprint density at radius 1 is 0.450 bits per heavy atom. The van der Waals surface area contributed by atoms with E-state index in [9.17, 15) is 10.2 Å². The van der Waals surface area contributed by atoms with Crippen molar-refractivity contribution in [3.8, 4) is 44.9 Å². The fourth-order valence-electron chi connectivity index (χ4n) is 5.41. The van der Waals surface area contributed by atoms with Gasteiger partial charge in [-0.05, 0) is 44.8 Å². The van der Waals surface area contributed by atoms with Crippen LogP contribution in [0.2, 0.25) is 0 Å². The Kier molecular flexibility index (Phi) is 7.45. The van der Waals surface area contributed by atoms with Gasteiger partial charge in [-0.15, -0.1) is 0 Å². The summed E-state index contributed by atoms with van der Waals surface area (Å²) in [4.78, 5) is 0. The third-order valence-electron chi connectivity index (χ3n) is 7.10. The average molecular weight is 527 g/mol.